The van der Waals surface area contributed by atoms with E-state index in [1.165, 1.54) is 4.70 Å². The largest absolute Gasteiger partial charge is 0.493 e. The Kier molecular flexibility index (Phi) is 5.43. The second-order valence-electron chi connectivity index (χ2n) is 5.36. The lowest BCUT2D eigenvalue weighted by molar-refractivity contribution is 0.0949. The molecule has 0 saturated carbocycles. The fraction of sp³-hybridized carbons (Fsp3) is 0.263. The quantitative estimate of drug-likeness (QED) is 0.660. The third-order valence-corrected chi connectivity index (χ3v) is 4.72. The van der Waals surface area contributed by atoms with E-state index in [2.05, 4.69) is 16.4 Å². The number of ether oxygens (including phenoxy) is 1. The molecule has 1 aromatic heterocycles. The average molecular weight is 340 g/mol. The van der Waals surface area contributed by atoms with Crippen molar-refractivity contribution in [2.24, 2.45) is 0 Å². The molecule has 0 radical (unpaired) electrons. The summed E-state index contributed by atoms with van der Waals surface area (Å²) in [5.41, 5.74) is 1.63. The van der Waals surface area contributed by atoms with Gasteiger partial charge in [0.2, 0.25) is 0 Å². The van der Waals surface area contributed by atoms with Crippen molar-refractivity contribution in [2.75, 3.05) is 13.2 Å². The number of thiazole rings is 1. The van der Waals surface area contributed by atoms with Gasteiger partial charge in [0, 0.05) is 13.0 Å². The average Bonchev–Trinajstić information content (AvgIpc) is 3.02. The Bertz CT molecular complexity index is 796. The summed E-state index contributed by atoms with van der Waals surface area (Å²) in [5.74, 6) is 0.534. The number of hydrogen-bond donors (Lipinski definition) is 1. The first-order chi connectivity index (χ1) is 11.8. The summed E-state index contributed by atoms with van der Waals surface area (Å²) >= 11 is 1.72. The maximum Gasteiger partial charge on any atom is 0.255 e. The fourth-order valence-corrected chi connectivity index (χ4v) is 3.51. The van der Waals surface area contributed by atoms with Crippen LogP contribution in [0.3, 0.4) is 0 Å². The minimum atomic E-state index is -0.0941. The maximum atomic E-state index is 12.3. The van der Waals surface area contributed by atoms with Crippen molar-refractivity contribution in [3.8, 4) is 5.75 Å². The van der Waals surface area contributed by atoms with Crippen LogP contribution in [0, 0.1) is 0 Å². The topological polar surface area (TPSA) is 51.2 Å². The van der Waals surface area contributed by atoms with Gasteiger partial charge in [0.15, 0.2) is 0 Å². The zero-order valence-corrected chi connectivity index (χ0v) is 14.4. The first-order valence-electron chi connectivity index (χ1n) is 8.12. The fourth-order valence-electron chi connectivity index (χ4n) is 2.50. The second-order valence-corrected chi connectivity index (χ2v) is 6.48. The van der Waals surface area contributed by atoms with E-state index in [4.69, 9.17) is 4.74 Å². The molecular formula is C19H20N2O2S. The lowest BCUT2D eigenvalue weighted by atomic mass is 10.2. The highest BCUT2D eigenvalue weighted by Gasteiger charge is 2.11. The number of hydrogen-bond acceptors (Lipinski definition) is 4. The van der Waals surface area contributed by atoms with Crippen LogP contribution in [0.25, 0.3) is 10.2 Å². The molecule has 1 heterocycles. The lowest BCUT2D eigenvalue weighted by Gasteiger charge is -2.10. The zero-order chi connectivity index (χ0) is 16.8. The van der Waals surface area contributed by atoms with E-state index in [9.17, 15) is 4.79 Å². The van der Waals surface area contributed by atoms with Gasteiger partial charge in [0.25, 0.3) is 5.91 Å². The van der Waals surface area contributed by atoms with E-state index in [-0.39, 0.29) is 5.91 Å². The van der Waals surface area contributed by atoms with Crippen LogP contribution in [0.4, 0.5) is 0 Å². The number of aryl methyl sites for hydroxylation is 1. The van der Waals surface area contributed by atoms with Crippen LogP contribution in [-0.2, 0) is 6.42 Å². The number of fused-ring (bicyclic) bond motifs is 1. The maximum absolute atomic E-state index is 12.3. The third kappa shape index (κ3) is 3.92. The van der Waals surface area contributed by atoms with Crippen LogP contribution in [0.1, 0.15) is 28.7 Å². The SMILES string of the molecule is CCOc1ccccc1C(=O)NCCCc1nc2ccccc2s1. The second kappa shape index (κ2) is 7.93. The van der Waals surface area contributed by atoms with E-state index in [0.717, 1.165) is 23.4 Å². The molecule has 3 rings (SSSR count). The molecule has 0 fully saturated rings. The molecule has 0 unspecified atom stereocenters. The van der Waals surface area contributed by atoms with E-state index in [1.807, 2.05) is 43.3 Å². The highest BCUT2D eigenvalue weighted by atomic mass is 32.1. The molecule has 0 aliphatic carbocycles. The Morgan fingerprint density at radius 3 is 2.79 bits per heavy atom. The molecule has 0 bridgehead atoms. The smallest absolute Gasteiger partial charge is 0.255 e. The molecule has 0 spiro atoms. The molecule has 0 aliphatic heterocycles. The number of nitrogens with zero attached hydrogens (tertiary/aromatic N) is 1. The van der Waals surface area contributed by atoms with Crippen molar-refractivity contribution in [1.82, 2.24) is 10.3 Å². The minimum absolute atomic E-state index is 0.0941. The number of amides is 1. The van der Waals surface area contributed by atoms with Crippen LogP contribution in [0.15, 0.2) is 48.5 Å². The van der Waals surface area contributed by atoms with Gasteiger partial charge < -0.3 is 10.1 Å². The van der Waals surface area contributed by atoms with Crippen molar-refractivity contribution in [3.05, 3.63) is 59.1 Å². The van der Waals surface area contributed by atoms with E-state index < -0.39 is 0 Å². The summed E-state index contributed by atoms with van der Waals surface area (Å²) in [5, 5.41) is 4.07. The first kappa shape index (κ1) is 16.5. The van der Waals surface area contributed by atoms with E-state index >= 15 is 0 Å². The number of benzene rings is 2. The molecule has 0 saturated heterocycles. The zero-order valence-electron chi connectivity index (χ0n) is 13.6. The van der Waals surface area contributed by atoms with Gasteiger partial charge in [-0.1, -0.05) is 24.3 Å². The summed E-state index contributed by atoms with van der Waals surface area (Å²) in [6.07, 6.45) is 1.73. The van der Waals surface area contributed by atoms with Crippen molar-refractivity contribution >= 4 is 27.5 Å². The summed E-state index contributed by atoms with van der Waals surface area (Å²) < 4.78 is 6.71. The van der Waals surface area contributed by atoms with Crippen molar-refractivity contribution in [3.63, 3.8) is 0 Å². The number of aromatic nitrogens is 1. The molecule has 1 amide bonds. The number of carbonyl (C=O) groups excluding carboxylic acids is 1. The number of rotatable bonds is 7. The lowest BCUT2D eigenvalue weighted by Crippen LogP contribution is -2.25. The standard InChI is InChI=1S/C19H20N2O2S/c1-2-23-16-10-5-3-8-14(16)19(22)20-13-7-12-18-21-15-9-4-6-11-17(15)24-18/h3-6,8-11H,2,7,12-13H2,1H3,(H,20,22). The molecule has 3 aromatic rings. The Hall–Kier alpha value is -2.40. The van der Waals surface area contributed by atoms with Gasteiger partial charge in [-0.05, 0) is 37.6 Å². The molecule has 1 N–H and O–H groups in total. The molecule has 2 aromatic carbocycles. The Morgan fingerprint density at radius 2 is 1.96 bits per heavy atom. The monoisotopic (exact) mass is 340 g/mol. The summed E-state index contributed by atoms with van der Waals surface area (Å²) in [7, 11) is 0. The van der Waals surface area contributed by atoms with Gasteiger partial charge in [-0.25, -0.2) is 4.98 Å². The van der Waals surface area contributed by atoms with Crippen molar-refractivity contribution in [1.29, 1.82) is 0 Å². The Labute approximate surface area is 145 Å². The number of para-hydroxylation sites is 2. The van der Waals surface area contributed by atoms with Gasteiger partial charge in [-0.15, -0.1) is 11.3 Å². The molecular weight excluding hydrogens is 320 g/mol. The van der Waals surface area contributed by atoms with Gasteiger partial charge >= 0.3 is 0 Å². The highest BCUT2D eigenvalue weighted by Crippen LogP contribution is 2.22. The Morgan fingerprint density at radius 1 is 1.17 bits per heavy atom. The van der Waals surface area contributed by atoms with Gasteiger partial charge in [-0.2, -0.15) is 0 Å². The number of nitrogens with one attached hydrogen (secondary N) is 1. The van der Waals surface area contributed by atoms with Gasteiger partial charge in [0.1, 0.15) is 5.75 Å². The van der Waals surface area contributed by atoms with E-state index in [1.54, 1.807) is 17.4 Å². The number of carbonyl (C=O) groups is 1. The molecule has 124 valence electrons. The summed E-state index contributed by atoms with van der Waals surface area (Å²) in [4.78, 5) is 16.9. The van der Waals surface area contributed by atoms with Gasteiger partial charge in [-0.3, -0.25) is 4.79 Å². The summed E-state index contributed by atoms with van der Waals surface area (Å²) in [6, 6.07) is 15.5. The van der Waals surface area contributed by atoms with Crippen molar-refractivity contribution in [2.45, 2.75) is 19.8 Å². The molecule has 5 heteroatoms. The summed E-state index contributed by atoms with van der Waals surface area (Å²) in [6.45, 7) is 3.07. The van der Waals surface area contributed by atoms with Crippen LogP contribution in [-0.4, -0.2) is 24.0 Å². The third-order valence-electron chi connectivity index (χ3n) is 3.62. The minimum Gasteiger partial charge on any atom is -0.493 e. The predicted molar refractivity (Wildman–Crippen MR) is 97.9 cm³/mol. The first-order valence-corrected chi connectivity index (χ1v) is 8.94. The van der Waals surface area contributed by atoms with Crippen molar-refractivity contribution < 1.29 is 9.53 Å². The van der Waals surface area contributed by atoms with Crippen LogP contribution >= 0.6 is 11.3 Å². The molecule has 0 atom stereocenters. The molecule has 24 heavy (non-hydrogen) atoms. The Balaban J connectivity index is 1.52. The van der Waals surface area contributed by atoms with E-state index in [0.29, 0.717) is 24.5 Å². The van der Waals surface area contributed by atoms with Gasteiger partial charge in [0.05, 0.1) is 27.4 Å². The van der Waals surface area contributed by atoms with Crippen LogP contribution in [0.5, 0.6) is 5.75 Å². The van der Waals surface area contributed by atoms with Crippen LogP contribution < -0.4 is 10.1 Å². The molecule has 0 aliphatic rings. The molecule has 4 nitrogen and oxygen atoms in total. The predicted octanol–water partition coefficient (Wildman–Crippen LogP) is 4.06. The normalized spacial score (nSPS) is 10.7. The highest BCUT2D eigenvalue weighted by molar-refractivity contribution is 7.18. The van der Waals surface area contributed by atoms with Crippen LogP contribution in [0.2, 0.25) is 0 Å².